The number of hydrogen-bond acceptors (Lipinski definition) is 4. The van der Waals surface area contributed by atoms with Crippen molar-refractivity contribution < 1.29 is 8.42 Å². The number of primary sulfonamides is 1. The van der Waals surface area contributed by atoms with Crippen LogP contribution in [0.1, 0.15) is 31.2 Å². The van der Waals surface area contributed by atoms with Crippen molar-refractivity contribution in [3.8, 4) is 0 Å². The van der Waals surface area contributed by atoms with Crippen LogP contribution in [-0.4, -0.2) is 27.5 Å². The normalized spacial score (nSPS) is 12.4. The van der Waals surface area contributed by atoms with Crippen molar-refractivity contribution in [3.05, 3.63) is 52.2 Å². The van der Waals surface area contributed by atoms with Crippen molar-refractivity contribution in [2.75, 3.05) is 13.1 Å². The molecule has 0 spiro atoms. The maximum Gasteiger partial charge on any atom is 0.238 e. The lowest BCUT2D eigenvalue weighted by atomic mass is 9.91. The van der Waals surface area contributed by atoms with Crippen molar-refractivity contribution in [1.82, 2.24) is 10.6 Å². The Bertz CT molecular complexity index is 850. The van der Waals surface area contributed by atoms with Gasteiger partial charge in [-0.3, -0.25) is 0 Å². The number of benzene rings is 1. The van der Waals surface area contributed by atoms with E-state index >= 15 is 0 Å². The van der Waals surface area contributed by atoms with Crippen LogP contribution in [0.25, 0.3) is 0 Å². The smallest absolute Gasteiger partial charge is 0.238 e. The number of rotatable bonds is 7. The fraction of sp³-hybridized carbons (Fsp3) is 0.389. The summed E-state index contributed by atoms with van der Waals surface area (Å²) in [6, 6.07) is 10.7. The summed E-state index contributed by atoms with van der Waals surface area (Å²) in [6.45, 7) is 8.20. The lowest BCUT2D eigenvalue weighted by molar-refractivity contribution is 0.518. The molecule has 0 radical (unpaired) electrons. The number of halogens is 1. The molecule has 27 heavy (non-hydrogen) atoms. The van der Waals surface area contributed by atoms with Crippen molar-refractivity contribution in [2.45, 2.75) is 37.6 Å². The van der Waals surface area contributed by atoms with Gasteiger partial charge >= 0.3 is 0 Å². The summed E-state index contributed by atoms with van der Waals surface area (Å²) in [5, 5.41) is 13.8. The van der Waals surface area contributed by atoms with E-state index in [4.69, 9.17) is 5.14 Å². The standard InChI is InChI=1S/C18H26N4O2S2.HI/c1-4-20-17(22-13-18(2,3)16-9-6-10-25-16)21-12-14-7-5-8-15(11-14)26(19,23)24;/h5-11H,4,12-13H2,1-3H3,(H2,19,23,24)(H2,20,21,22);1H. The Hall–Kier alpha value is -1.17. The predicted octanol–water partition coefficient (Wildman–Crippen LogP) is 3.05. The van der Waals surface area contributed by atoms with Crippen molar-refractivity contribution in [1.29, 1.82) is 0 Å². The quantitative estimate of drug-likeness (QED) is 0.296. The van der Waals surface area contributed by atoms with E-state index in [0.717, 1.165) is 18.7 Å². The van der Waals surface area contributed by atoms with Gasteiger partial charge < -0.3 is 10.6 Å². The number of sulfonamides is 1. The molecule has 2 aromatic rings. The number of aliphatic imine (C=N–C) groups is 1. The third kappa shape index (κ3) is 7.40. The maximum absolute atomic E-state index is 11.5. The summed E-state index contributed by atoms with van der Waals surface area (Å²) in [4.78, 5) is 5.96. The van der Waals surface area contributed by atoms with Gasteiger partial charge in [0.15, 0.2) is 5.96 Å². The van der Waals surface area contributed by atoms with Gasteiger partial charge in [0.05, 0.1) is 11.4 Å². The molecule has 1 aromatic carbocycles. The SMILES string of the molecule is CCNC(=NCc1cccc(S(N)(=O)=O)c1)NCC(C)(C)c1cccs1.I. The summed E-state index contributed by atoms with van der Waals surface area (Å²) in [6.07, 6.45) is 0. The highest BCUT2D eigenvalue weighted by molar-refractivity contribution is 14.0. The molecule has 0 saturated carbocycles. The third-order valence-electron chi connectivity index (χ3n) is 3.88. The van der Waals surface area contributed by atoms with Crippen LogP contribution >= 0.6 is 35.3 Å². The van der Waals surface area contributed by atoms with E-state index in [1.54, 1.807) is 23.5 Å². The highest BCUT2D eigenvalue weighted by atomic mass is 127. The molecule has 2 rings (SSSR count). The molecular weight excluding hydrogens is 495 g/mol. The first-order valence-electron chi connectivity index (χ1n) is 8.40. The number of nitrogens with one attached hydrogen (secondary N) is 2. The summed E-state index contributed by atoms with van der Waals surface area (Å²) >= 11 is 1.74. The summed E-state index contributed by atoms with van der Waals surface area (Å²) in [5.74, 6) is 0.693. The van der Waals surface area contributed by atoms with Crippen LogP contribution in [0.4, 0.5) is 0 Å². The highest BCUT2D eigenvalue weighted by Gasteiger charge is 2.21. The number of nitrogens with two attached hydrogens (primary N) is 1. The first kappa shape index (κ1) is 23.9. The van der Waals surface area contributed by atoms with Crippen LogP contribution in [0.2, 0.25) is 0 Å². The van der Waals surface area contributed by atoms with Gasteiger partial charge in [-0.25, -0.2) is 18.5 Å². The molecule has 0 amide bonds. The lowest BCUT2D eigenvalue weighted by Crippen LogP contribution is -2.43. The molecule has 0 saturated heterocycles. The predicted molar refractivity (Wildman–Crippen MR) is 123 cm³/mol. The zero-order chi connectivity index (χ0) is 19.2. The van der Waals surface area contributed by atoms with E-state index in [1.165, 1.54) is 10.9 Å². The van der Waals surface area contributed by atoms with Gasteiger partial charge in [0.25, 0.3) is 0 Å². The molecule has 1 heterocycles. The summed E-state index contributed by atoms with van der Waals surface area (Å²) in [5.41, 5.74) is 0.768. The Morgan fingerprint density at radius 2 is 1.96 bits per heavy atom. The van der Waals surface area contributed by atoms with E-state index < -0.39 is 10.0 Å². The van der Waals surface area contributed by atoms with Crippen molar-refractivity contribution >= 4 is 51.3 Å². The Labute approximate surface area is 182 Å². The molecule has 1 aromatic heterocycles. The first-order valence-corrected chi connectivity index (χ1v) is 10.8. The number of nitrogens with zero attached hydrogens (tertiary/aromatic N) is 1. The molecule has 0 aliphatic heterocycles. The highest BCUT2D eigenvalue weighted by Crippen LogP contribution is 2.26. The molecular formula is C18H27IN4O2S2. The van der Waals surface area contributed by atoms with Crippen LogP contribution in [-0.2, 0) is 22.0 Å². The molecule has 0 bridgehead atoms. The molecule has 6 nitrogen and oxygen atoms in total. The van der Waals surface area contributed by atoms with Crippen LogP contribution < -0.4 is 15.8 Å². The summed E-state index contributed by atoms with van der Waals surface area (Å²) < 4.78 is 22.9. The molecule has 150 valence electrons. The second-order valence-electron chi connectivity index (χ2n) is 6.60. The number of hydrogen-bond donors (Lipinski definition) is 3. The molecule has 0 unspecified atom stereocenters. The molecule has 9 heteroatoms. The lowest BCUT2D eigenvalue weighted by Gasteiger charge is -2.25. The molecule has 0 aliphatic carbocycles. The fourth-order valence-electron chi connectivity index (χ4n) is 2.39. The third-order valence-corrected chi connectivity index (χ3v) is 6.02. The fourth-order valence-corrected chi connectivity index (χ4v) is 3.82. The number of thiophene rings is 1. The molecule has 0 fully saturated rings. The topological polar surface area (TPSA) is 96.6 Å². The average molecular weight is 522 g/mol. The van der Waals surface area contributed by atoms with Gasteiger partial charge in [-0.2, -0.15) is 0 Å². The largest absolute Gasteiger partial charge is 0.357 e. The van der Waals surface area contributed by atoms with E-state index in [1.807, 2.05) is 13.0 Å². The van der Waals surface area contributed by atoms with Gasteiger partial charge in [0.2, 0.25) is 10.0 Å². The molecule has 0 atom stereocenters. The minimum atomic E-state index is -3.71. The Morgan fingerprint density at radius 1 is 1.22 bits per heavy atom. The van der Waals surface area contributed by atoms with E-state index in [0.29, 0.717) is 12.5 Å². The molecule has 0 aliphatic rings. The van der Waals surface area contributed by atoms with Gasteiger partial charge in [0.1, 0.15) is 0 Å². The van der Waals surface area contributed by atoms with E-state index in [-0.39, 0.29) is 34.3 Å². The Balaban J connectivity index is 0.00000364. The summed E-state index contributed by atoms with van der Waals surface area (Å²) in [7, 11) is -3.71. The van der Waals surface area contributed by atoms with Gasteiger partial charge in [-0.15, -0.1) is 35.3 Å². The van der Waals surface area contributed by atoms with Crippen LogP contribution in [0.15, 0.2) is 51.7 Å². The second-order valence-corrected chi connectivity index (χ2v) is 9.11. The van der Waals surface area contributed by atoms with Crippen LogP contribution in [0, 0.1) is 0 Å². The average Bonchev–Trinajstić information content (AvgIpc) is 3.12. The van der Waals surface area contributed by atoms with E-state index in [9.17, 15) is 8.42 Å². The minimum Gasteiger partial charge on any atom is -0.357 e. The van der Waals surface area contributed by atoms with Crippen LogP contribution in [0.3, 0.4) is 0 Å². The number of guanidine groups is 1. The Morgan fingerprint density at radius 3 is 2.56 bits per heavy atom. The maximum atomic E-state index is 11.5. The monoisotopic (exact) mass is 522 g/mol. The van der Waals surface area contributed by atoms with Crippen molar-refractivity contribution in [3.63, 3.8) is 0 Å². The minimum absolute atomic E-state index is 0. The van der Waals surface area contributed by atoms with E-state index in [2.05, 4.69) is 47.0 Å². The van der Waals surface area contributed by atoms with Crippen molar-refractivity contribution in [2.24, 2.45) is 10.1 Å². The second kappa shape index (κ2) is 10.4. The first-order chi connectivity index (χ1) is 12.2. The zero-order valence-electron chi connectivity index (χ0n) is 15.7. The van der Waals surface area contributed by atoms with Gasteiger partial charge in [-0.1, -0.05) is 32.0 Å². The van der Waals surface area contributed by atoms with Gasteiger partial charge in [0, 0.05) is 23.4 Å². The van der Waals surface area contributed by atoms with Crippen LogP contribution in [0.5, 0.6) is 0 Å². The van der Waals surface area contributed by atoms with Gasteiger partial charge in [-0.05, 0) is 36.1 Å². The Kier molecular flexibility index (Phi) is 9.19. The molecule has 4 N–H and O–H groups in total. The zero-order valence-corrected chi connectivity index (χ0v) is 19.7.